The van der Waals surface area contributed by atoms with E-state index in [1.807, 2.05) is 18.5 Å². The number of carbonyl (C=O) groups is 1. The number of nitrogens with one attached hydrogen (secondary N) is 1. The van der Waals surface area contributed by atoms with E-state index in [1.165, 1.54) is 0 Å². The first kappa shape index (κ1) is 14.2. The molecular weight excluding hydrogens is 258 g/mol. The second-order valence-corrected chi connectivity index (χ2v) is 4.68. The maximum atomic E-state index is 11.9. The van der Waals surface area contributed by atoms with Gasteiger partial charge in [-0.25, -0.2) is 0 Å². The van der Waals surface area contributed by atoms with Crippen molar-refractivity contribution in [3.8, 4) is 0 Å². The van der Waals surface area contributed by atoms with Crippen LogP contribution in [0.1, 0.15) is 46.9 Å². The molecule has 2 aromatic heterocycles. The fraction of sp³-hybridized carbons (Fsp3) is 0.538. The van der Waals surface area contributed by atoms with Gasteiger partial charge in [-0.1, -0.05) is 6.92 Å². The molecule has 0 aliphatic rings. The van der Waals surface area contributed by atoms with Crippen LogP contribution in [0.15, 0.2) is 4.42 Å². The lowest BCUT2D eigenvalue weighted by molar-refractivity contribution is 0.0914. The van der Waals surface area contributed by atoms with Crippen LogP contribution in [0.3, 0.4) is 0 Å². The van der Waals surface area contributed by atoms with Crippen molar-refractivity contribution in [2.24, 2.45) is 0 Å². The van der Waals surface area contributed by atoms with Gasteiger partial charge < -0.3 is 9.73 Å². The van der Waals surface area contributed by atoms with Crippen molar-refractivity contribution in [3.05, 3.63) is 28.7 Å². The summed E-state index contributed by atoms with van der Waals surface area (Å²) in [6.45, 7) is 8.99. The van der Waals surface area contributed by atoms with E-state index in [2.05, 4.69) is 27.5 Å². The Morgan fingerprint density at radius 3 is 2.65 bits per heavy atom. The summed E-state index contributed by atoms with van der Waals surface area (Å²) < 4.78 is 7.05. The van der Waals surface area contributed by atoms with Crippen molar-refractivity contribution >= 4 is 5.91 Å². The smallest absolute Gasteiger partial charge is 0.309 e. The number of hydrogen-bond acceptors (Lipinski definition) is 5. The summed E-state index contributed by atoms with van der Waals surface area (Å²) in [5.74, 6) is -0.00956. The van der Waals surface area contributed by atoms with E-state index >= 15 is 0 Å². The SMILES string of the molecule is CCCn1nc(C)c(CNC(=O)c2nnc(C)o2)c1C. The topological polar surface area (TPSA) is 85.8 Å². The zero-order valence-corrected chi connectivity index (χ0v) is 12.2. The van der Waals surface area contributed by atoms with Gasteiger partial charge in [0, 0.05) is 31.3 Å². The summed E-state index contributed by atoms with van der Waals surface area (Å²) in [6.07, 6.45) is 1.02. The Kier molecular flexibility index (Phi) is 4.16. The molecule has 20 heavy (non-hydrogen) atoms. The first-order valence-corrected chi connectivity index (χ1v) is 6.64. The minimum atomic E-state index is -0.368. The third kappa shape index (κ3) is 2.87. The minimum Gasteiger partial charge on any atom is -0.417 e. The van der Waals surface area contributed by atoms with Crippen LogP contribution < -0.4 is 5.32 Å². The number of nitrogens with zero attached hydrogens (tertiary/aromatic N) is 4. The van der Waals surface area contributed by atoms with Gasteiger partial charge in [0.05, 0.1) is 5.69 Å². The molecule has 1 amide bonds. The highest BCUT2D eigenvalue weighted by atomic mass is 16.4. The van der Waals surface area contributed by atoms with Gasteiger partial charge in [0.1, 0.15) is 0 Å². The largest absolute Gasteiger partial charge is 0.417 e. The second kappa shape index (κ2) is 5.85. The Morgan fingerprint density at radius 2 is 2.05 bits per heavy atom. The molecule has 2 rings (SSSR count). The highest BCUT2D eigenvalue weighted by Crippen LogP contribution is 2.13. The molecule has 0 aliphatic carbocycles. The monoisotopic (exact) mass is 277 g/mol. The van der Waals surface area contributed by atoms with Crippen LogP contribution in [0.25, 0.3) is 0 Å². The number of aromatic nitrogens is 4. The van der Waals surface area contributed by atoms with E-state index < -0.39 is 0 Å². The van der Waals surface area contributed by atoms with Crippen molar-refractivity contribution in [2.75, 3.05) is 0 Å². The van der Waals surface area contributed by atoms with Gasteiger partial charge in [0.15, 0.2) is 0 Å². The molecule has 1 N–H and O–H groups in total. The maximum Gasteiger partial charge on any atom is 0.309 e. The van der Waals surface area contributed by atoms with Crippen LogP contribution in [0.5, 0.6) is 0 Å². The Bertz CT molecular complexity index is 614. The fourth-order valence-corrected chi connectivity index (χ4v) is 2.05. The van der Waals surface area contributed by atoms with Gasteiger partial charge in [0.25, 0.3) is 0 Å². The van der Waals surface area contributed by atoms with Crippen molar-refractivity contribution in [2.45, 2.75) is 47.2 Å². The van der Waals surface area contributed by atoms with Crippen LogP contribution >= 0.6 is 0 Å². The molecule has 0 spiro atoms. The van der Waals surface area contributed by atoms with Crippen molar-refractivity contribution in [3.63, 3.8) is 0 Å². The van der Waals surface area contributed by atoms with Crippen LogP contribution in [0.2, 0.25) is 0 Å². The molecule has 7 nitrogen and oxygen atoms in total. The van der Waals surface area contributed by atoms with Gasteiger partial charge in [-0.15, -0.1) is 10.2 Å². The molecule has 0 aliphatic heterocycles. The van der Waals surface area contributed by atoms with Crippen LogP contribution in [0, 0.1) is 20.8 Å². The van der Waals surface area contributed by atoms with E-state index in [9.17, 15) is 4.79 Å². The van der Waals surface area contributed by atoms with Crippen LogP contribution in [-0.2, 0) is 13.1 Å². The highest BCUT2D eigenvalue weighted by Gasteiger charge is 2.16. The second-order valence-electron chi connectivity index (χ2n) is 4.68. The van der Waals surface area contributed by atoms with Crippen molar-refractivity contribution in [1.29, 1.82) is 0 Å². The molecule has 2 aromatic rings. The predicted octanol–water partition coefficient (Wildman–Crippen LogP) is 1.53. The van der Waals surface area contributed by atoms with Crippen molar-refractivity contribution < 1.29 is 9.21 Å². The minimum absolute atomic E-state index is 0.0150. The molecule has 0 radical (unpaired) electrons. The molecule has 2 heterocycles. The lowest BCUT2D eigenvalue weighted by Gasteiger charge is -2.04. The molecule has 0 fully saturated rings. The Labute approximate surface area is 117 Å². The van der Waals surface area contributed by atoms with E-state index in [4.69, 9.17) is 4.42 Å². The molecule has 0 aromatic carbocycles. The zero-order valence-electron chi connectivity index (χ0n) is 12.2. The van der Waals surface area contributed by atoms with Gasteiger partial charge in [-0.3, -0.25) is 9.48 Å². The summed E-state index contributed by atoms with van der Waals surface area (Å²) in [5, 5.41) is 14.6. The molecule has 0 bridgehead atoms. The van der Waals surface area contributed by atoms with Gasteiger partial charge in [-0.05, 0) is 20.3 Å². The third-order valence-electron chi connectivity index (χ3n) is 3.11. The van der Waals surface area contributed by atoms with Gasteiger partial charge in [-0.2, -0.15) is 5.10 Å². The lowest BCUT2D eigenvalue weighted by Crippen LogP contribution is -2.23. The standard InChI is InChI=1S/C13H19N5O2/c1-5-6-18-9(3)11(8(2)17-18)7-14-12(19)13-16-15-10(4)20-13/h5-7H2,1-4H3,(H,14,19). The van der Waals surface area contributed by atoms with E-state index in [0.29, 0.717) is 12.4 Å². The average Bonchev–Trinajstić information content (AvgIpc) is 2.94. The molecule has 0 atom stereocenters. The number of aryl methyl sites for hydroxylation is 3. The summed E-state index contributed by atoms with van der Waals surface area (Å²) in [5.41, 5.74) is 3.03. The maximum absolute atomic E-state index is 11.9. The van der Waals surface area contributed by atoms with Gasteiger partial charge >= 0.3 is 11.8 Å². The quantitative estimate of drug-likeness (QED) is 0.895. The lowest BCUT2D eigenvalue weighted by atomic mass is 10.2. The Morgan fingerprint density at radius 1 is 1.30 bits per heavy atom. The predicted molar refractivity (Wildman–Crippen MR) is 72.2 cm³/mol. The van der Waals surface area contributed by atoms with Crippen LogP contribution in [0.4, 0.5) is 0 Å². The molecular formula is C13H19N5O2. The summed E-state index contributed by atoms with van der Waals surface area (Å²) in [4.78, 5) is 11.9. The highest BCUT2D eigenvalue weighted by molar-refractivity contribution is 5.89. The molecule has 7 heteroatoms. The van der Waals surface area contributed by atoms with E-state index in [1.54, 1.807) is 6.92 Å². The first-order valence-electron chi connectivity index (χ1n) is 6.64. The summed E-state index contributed by atoms with van der Waals surface area (Å²) in [6, 6.07) is 0. The van der Waals surface area contributed by atoms with Crippen molar-refractivity contribution in [1.82, 2.24) is 25.3 Å². The average molecular weight is 277 g/mol. The normalized spacial score (nSPS) is 10.8. The third-order valence-corrected chi connectivity index (χ3v) is 3.11. The molecule has 0 unspecified atom stereocenters. The number of amides is 1. The molecule has 0 saturated heterocycles. The first-order chi connectivity index (χ1) is 9.52. The number of carbonyl (C=O) groups excluding carboxylic acids is 1. The fourth-order valence-electron chi connectivity index (χ4n) is 2.05. The molecule has 0 saturated carbocycles. The molecule has 108 valence electrons. The number of rotatable bonds is 5. The van der Waals surface area contributed by atoms with Crippen LogP contribution in [-0.4, -0.2) is 25.9 Å². The van der Waals surface area contributed by atoms with E-state index in [0.717, 1.165) is 29.9 Å². The Hall–Kier alpha value is -2.18. The number of hydrogen-bond donors (Lipinski definition) is 1. The van der Waals surface area contributed by atoms with E-state index in [-0.39, 0.29) is 11.8 Å². The summed E-state index contributed by atoms with van der Waals surface area (Å²) >= 11 is 0. The summed E-state index contributed by atoms with van der Waals surface area (Å²) in [7, 11) is 0. The Balaban J connectivity index is 2.05. The zero-order chi connectivity index (χ0) is 14.7. The van der Waals surface area contributed by atoms with Gasteiger partial charge in [0.2, 0.25) is 5.89 Å².